The van der Waals surface area contributed by atoms with E-state index in [2.05, 4.69) is 20.6 Å². The summed E-state index contributed by atoms with van der Waals surface area (Å²) in [6.07, 6.45) is 2.30. The summed E-state index contributed by atoms with van der Waals surface area (Å²) in [5.41, 5.74) is 0.953. The van der Waals surface area contributed by atoms with Gasteiger partial charge >= 0.3 is 5.97 Å². The number of pyridine rings is 1. The lowest BCUT2D eigenvalue weighted by atomic mass is 9.95. The van der Waals surface area contributed by atoms with Gasteiger partial charge < -0.3 is 19.9 Å². The topological polar surface area (TPSA) is 137 Å². The van der Waals surface area contributed by atoms with Crippen molar-refractivity contribution >= 4 is 11.9 Å². The lowest BCUT2D eigenvalue weighted by Crippen LogP contribution is -2.40. The number of carbonyl (C=O) groups excluding carboxylic acids is 1. The Labute approximate surface area is 217 Å². The molecule has 1 saturated carbocycles. The average Bonchev–Trinajstić information content (AvgIpc) is 3.55. The second-order valence-corrected chi connectivity index (χ2v) is 9.90. The van der Waals surface area contributed by atoms with Gasteiger partial charge in [-0.05, 0) is 48.7 Å². The van der Waals surface area contributed by atoms with Crippen LogP contribution in [0.3, 0.4) is 0 Å². The number of ether oxygens (including phenoxy) is 2. The molecule has 0 radical (unpaired) electrons. The number of halogens is 1. The van der Waals surface area contributed by atoms with E-state index in [0.29, 0.717) is 18.5 Å². The molecule has 0 spiro atoms. The molecule has 2 bridgehead atoms. The maximum absolute atomic E-state index is 14.9. The molecule has 3 aromatic rings. The Bertz CT molecular complexity index is 1360. The van der Waals surface area contributed by atoms with Crippen LogP contribution in [0.15, 0.2) is 64.9 Å². The number of amides is 1. The molecule has 10 nitrogen and oxygen atoms in total. The normalized spacial score (nSPS) is 22.2. The maximum atomic E-state index is 14.9. The number of nitrogens with zero attached hydrogens (tertiary/aromatic N) is 3. The number of alkyl halides is 1. The second-order valence-electron chi connectivity index (χ2n) is 9.90. The summed E-state index contributed by atoms with van der Waals surface area (Å²) >= 11 is 0. The number of carboxylic acids is 1. The number of hydrogen-bond acceptors (Lipinski definition) is 8. The number of hydrogen-bond donors (Lipinski definition) is 2. The minimum Gasteiger partial charge on any atom is -0.479 e. The minimum absolute atomic E-state index is 0.0321. The van der Waals surface area contributed by atoms with Crippen LogP contribution < -0.4 is 10.1 Å². The molecule has 1 aromatic carbocycles. The van der Waals surface area contributed by atoms with E-state index in [1.54, 1.807) is 18.2 Å². The first-order chi connectivity index (χ1) is 18.2. The van der Waals surface area contributed by atoms with E-state index in [9.17, 15) is 19.1 Å². The zero-order chi connectivity index (χ0) is 26.9. The van der Waals surface area contributed by atoms with Gasteiger partial charge in [-0.15, -0.1) is 0 Å². The van der Waals surface area contributed by atoms with E-state index in [1.807, 2.05) is 30.3 Å². The quantitative estimate of drug-likeness (QED) is 0.382. The highest BCUT2D eigenvalue weighted by atomic mass is 19.1. The molecule has 1 fully saturated rings. The van der Waals surface area contributed by atoms with Crippen LogP contribution in [0, 0.1) is 11.8 Å². The van der Waals surface area contributed by atoms with Gasteiger partial charge in [0.2, 0.25) is 5.88 Å². The molecule has 38 heavy (non-hydrogen) atoms. The van der Waals surface area contributed by atoms with Gasteiger partial charge in [0.05, 0.1) is 6.10 Å². The van der Waals surface area contributed by atoms with Gasteiger partial charge in [-0.25, -0.2) is 18.8 Å². The highest BCUT2D eigenvalue weighted by Crippen LogP contribution is 2.48. The summed E-state index contributed by atoms with van der Waals surface area (Å²) in [6, 6.07) is 12.8. The predicted octanol–water partition coefficient (Wildman–Crippen LogP) is 3.74. The Morgan fingerprint density at radius 1 is 1.16 bits per heavy atom. The Morgan fingerprint density at radius 3 is 2.66 bits per heavy atom. The third kappa shape index (κ3) is 5.14. The predicted molar refractivity (Wildman–Crippen MR) is 131 cm³/mol. The first-order valence-electron chi connectivity index (χ1n) is 12.2. The lowest BCUT2D eigenvalue weighted by Gasteiger charge is -2.29. The van der Waals surface area contributed by atoms with E-state index in [-0.39, 0.29) is 23.9 Å². The van der Waals surface area contributed by atoms with Crippen molar-refractivity contribution in [3.63, 3.8) is 0 Å². The minimum atomic E-state index is -1.41. The molecule has 4 unspecified atom stereocenters. The summed E-state index contributed by atoms with van der Waals surface area (Å²) in [7, 11) is 0. The molecule has 198 valence electrons. The standard InChI is InChI=1S/C27H27FN4O6/c1-27(2,26(34)35)37-21-13-18-16(12-19(21)22(18)28)14-30-23(33)17-9-6-10-29-24(17)36-25-20(31-38-32-25)11-15-7-4-3-5-8-15/h3-10,12,18-19,21-22H,11,13-14H2,1-2H3,(H,30,33)(H,34,35). The summed E-state index contributed by atoms with van der Waals surface area (Å²) in [5.74, 6) is -2.41. The Hall–Kier alpha value is -4.12. The maximum Gasteiger partial charge on any atom is 0.335 e. The average molecular weight is 523 g/mol. The fourth-order valence-electron chi connectivity index (χ4n) is 4.87. The molecular weight excluding hydrogens is 495 g/mol. The summed E-state index contributed by atoms with van der Waals surface area (Å²) < 4.78 is 31.3. The summed E-state index contributed by atoms with van der Waals surface area (Å²) in [4.78, 5) is 28.6. The fraction of sp³-hybridized carbons (Fsp3) is 0.370. The summed E-state index contributed by atoms with van der Waals surface area (Å²) in [6.45, 7) is 3.04. The highest BCUT2D eigenvalue weighted by molar-refractivity contribution is 5.96. The van der Waals surface area contributed by atoms with Crippen LogP contribution in [0.2, 0.25) is 0 Å². The van der Waals surface area contributed by atoms with Crippen LogP contribution in [-0.2, 0) is 16.0 Å². The van der Waals surface area contributed by atoms with Crippen LogP contribution in [0.5, 0.6) is 11.8 Å². The molecule has 1 amide bonds. The fourth-order valence-corrected chi connectivity index (χ4v) is 4.87. The number of aliphatic carboxylic acids is 1. The highest BCUT2D eigenvalue weighted by Gasteiger charge is 2.51. The third-order valence-corrected chi connectivity index (χ3v) is 6.91. The lowest BCUT2D eigenvalue weighted by molar-refractivity contribution is -0.170. The molecule has 0 aliphatic heterocycles. The molecule has 0 saturated heterocycles. The van der Waals surface area contributed by atoms with Crippen molar-refractivity contribution < 1.29 is 33.2 Å². The number of carbonyl (C=O) groups is 2. The Balaban J connectivity index is 1.24. The molecule has 5 rings (SSSR count). The smallest absolute Gasteiger partial charge is 0.335 e. The molecule has 2 heterocycles. The largest absolute Gasteiger partial charge is 0.479 e. The van der Waals surface area contributed by atoms with Crippen LogP contribution in [0.25, 0.3) is 0 Å². The van der Waals surface area contributed by atoms with Crippen LogP contribution in [-0.4, -0.2) is 56.7 Å². The Morgan fingerprint density at radius 2 is 1.95 bits per heavy atom. The number of fused-ring (bicyclic) bond motifs is 2. The van der Waals surface area contributed by atoms with Gasteiger partial charge in [0, 0.05) is 31.0 Å². The first-order valence-corrected chi connectivity index (χ1v) is 12.2. The van der Waals surface area contributed by atoms with Crippen molar-refractivity contribution in [2.75, 3.05) is 6.54 Å². The van der Waals surface area contributed by atoms with Gasteiger partial charge in [-0.3, -0.25) is 4.79 Å². The van der Waals surface area contributed by atoms with Crippen molar-refractivity contribution in [3.8, 4) is 11.8 Å². The molecule has 2 N–H and O–H groups in total. The first kappa shape index (κ1) is 25.5. The van der Waals surface area contributed by atoms with E-state index < -0.39 is 41.6 Å². The zero-order valence-corrected chi connectivity index (χ0v) is 20.8. The SMILES string of the molecule is CC(C)(OC1CC2C(CNC(=O)c3cccnc3Oc3nonc3Cc3ccccc3)=CC1C2F)C(=O)O. The van der Waals surface area contributed by atoms with E-state index in [1.165, 1.54) is 20.0 Å². The zero-order valence-electron chi connectivity index (χ0n) is 20.8. The van der Waals surface area contributed by atoms with Crippen molar-refractivity contribution in [3.05, 3.63) is 77.1 Å². The number of benzene rings is 1. The van der Waals surface area contributed by atoms with Crippen LogP contribution >= 0.6 is 0 Å². The van der Waals surface area contributed by atoms with Crippen molar-refractivity contribution in [2.45, 2.75) is 44.6 Å². The van der Waals surface area contributed by atoms with Crippen molar-refractivity contribution in [2.24, 2.45) is 11.8 Å². The van der Waals surface area contributed by atoms with E-state index >= 15 is 0 Å². The monoisotopic (exact) mass is 522 g/mol. The molecule has 4 atom stereocenters. The van der Waals surface area contributed by atoms with Crippen LogP contribution in [0.4, 0.5) is 4.39 Å². The van der Waals surface area contributed by atoms with Gasteiger partial charge in [-0.2, -0.15) is 0 Å². The van der Waals surface area contributed by atoms with Gasteiger partial charge in [0.1, 0.15) is 11.7 Å². The van der Waals surface area contributed by atoms with E-state index in [0.717, 1.165) is 11.1 Å². The molecule has 2 aromatic heterocycles. The van der Waals surface area contributed by atoms with Gasteiger partial charge in [0.15, 0.2) is 11.3 Å². The van der Waals surface area contributed by atoms with E-state index in [4.69, 9.17) is 14.1 Å². The molecule has 2 aliphatic carbocycles. The summed E-state index contributed by atoms with van der Waals surface area (Å²) in [5, 5.41) is 19.9. The third-order valence-electron chi connectivity index (χ3n) is 6.91. The van der Waals surface area contributed by atoms with Crippen molar-refractivity contribution in [1.82, 2.24) is 20.6 Å². The van der Waals surface area contributed by atoms with Gasteiger partial charge in [0.25, 0.3) is 11.8 Å². The molecule has 11 heteroatoms. The van der Waals surface area contributed by atoms with Crippen LogP contribution in [0.1, 0.15) is 41.9 Å². The molecule has 2 aliphatic rings. The second kappa shape index (κ2) is 10.3. The number of carboxylic acid groups (broad SMARTS) is 1. The number of aromatic nitrogens is 3. The molecular formula is C27H27FN4O6. The van der Waals surface area contributed by atoms with Gasteiger partial charge in [-0.1, -0.05) is 41.6 Å². The van der Waals surface area contributed by atoms with Crippen molar-refractivity contribution in [1.29, 1.82) is 0 Å². The Kier molecular flexibility index (Phi) is 6.94. The number of rotatable bonds is 10. The number of nitrogens with one attached hydrogen (secondary N) is 1.